The molecule has 1 saturated heterocycles. The second-order valence-electron chi connectivity index (χ2n) is 6.49. The fourth-order valence-corrected chi connectivity index (χ4v) is 3.12. The van der Waals surface area contributed by atoms with Crippen LogP contribution in [-0.2, 0) is 0 Å². The number of piperazine rings is 1. The van der Waals surface area contributed by atoms with Crippen LogP contribution in [0.5, 0.6) is 5.75 Å². The maximum atomic E-state index is 11.6. The predicted molar refractivity (Wildman–Crippen MR) is 101 cm³/mol. The van der Waals surface area contributed by atoms with Crippen molar-refractivity contribution in [2.24, 2.45) is 0 Å². The van der Waals surface area contributed by atoms with E-state index < -0.39 is 6.10 Å². The Morgan fingerprint density at radius 3 is 2.58 bits per heavy atom. The standard InChI is InChI=1S/C20H25N3O3/c1-16(24)18-6-2-3-7-19(18)26-15-17(25)14-22-10-12-23(13-11-22)20-8-4-5-9-21-20/h2-9,17,25H,10-15H2,1H3/t17-/m1/s1. The number of aliphatic hydroxyl groups excluding tert-OH is 1. The molecule has 6 heteroatoms. The fraction of sp³-hybridized carbons (Fsp3) is 0.400. The highest BCUT2D eigenvalue weighted by molar-refractivity contribution is 5.96. The highest BCUT2D eigenvalue weighted by Gasteiger charge is 2.20. The Morgan fingerprint density at radius 1 is 1.15 bits per heavy atom. The van der Waals surface area contributed by atoms with Crippen LogP contribution in [-0.4, -0.2) is 66.2 Å². The van der Waals surface area contributed by atoms with E-state index in [1.165, 1.54) is 6.92 Å². The summed E-state index contributed by atoms with van der Waals surface area (Å²) in [5, 5.41) is 10.3. The van der Waals surface area contributed by atoms with Gasteiger partial charge in [0.1, 0.15) is 24.3 Å². The third kappa shape index (κ3) is 4.80. The van der Waals surface area contributed by atoms with Gasteiger partial charge in [-0.25, -0.2) is 4.98 Å². The Labute approximate surface area is 154 Å². The Bertz CT molecular complexity index is 715. The van der Waals surface area contributed by atoms with E-state index in [9.17, 15) is 9.90 Å². The van der Waals surface area contributed by atoms with Crippen LogP contribution < -0.4 is 9.64 Å². The van der Waals surface area contributed by atoms with E-state index in [1.807, 2.05) is 30.5 Å². The summed E-state index contributed by atoms with van der Waals surface area (Å²) < 4.78 is 5.67. The van der Waals surface area contributed by atoms with Gasteiger partial charge in [0.15, 0.2) is 5.78 Å². The normalized spacial score (nSPS) is 16.3. The molecule has 2 aromatic rings. The first-order valence-corrected chi connectivity index (χ1v) is 8.92. The minimum atomic E-state index is -0.601. The molecule has 6 nitrogen and oxygen atoms in total. The molecule has 0 aliphatic carbocycles. The zero-order valence-electron chi connectivity index (χ0n) is 15.0. The van der Waals surface area contributed by atoms with Crippen molar-refractivity contribution >= 4 is 11.6 Å². The molecule has 138 valence electrons. The second kappa shape index (κ2) is 8.78. The molecule has 1 aliphatic heterocycles. The van der Waals surface area contributed by atoms with Crippen molar-refractivity contribution in [2.75, 3.05) is 44.2 Å². The first-order chi connectivity index (χ1) is 12.6. The Hall–Kier alpha value is -2.44. The lowest BCUT2D eigenvalue weighted by Gasteiger charge is -2.36. The van der Waals surface area contributed by atoms with E-state index in [0.717, 1.165) is 32.0 Å². The van der Waals surface area contributed by atoms with Crippen molar-refractivity contribution < 1.29 is 14.6 Å². The zero-order valence-corrected chi connectivity index (χ0v) is 15.0. The molecule has 1 aromatic carbocycles. The van der Waals surface area contributed by atoms with E-state index in [-0.39, 0.29) is 12.4 Å². The van der Waals surface area contributed by atoms with E-state index >= 15 is 0 Å². The van der Waals surface area contributed by atoms with Gasteiger partial charge in [-0.2, -0.15) is 0 Å². The largest absolute Gasteiger partial charge is 0.490 e. The summed E-state index contributed by atoms with van der Waals surface area (Å²) in [5.74, 6) is 1.48. The second-order valence-corrected chi connectivity index (χ2v) is 6.49. The minimum Gasteiger partial charge on any atom is -0.490 e. The molecule has 0 spiro atoms. The van der Waals surface area contributed by atoms with E-state index in [2.05, 4.69) is 14.8 Å². The number of hydrogen-bond acceptors (Lipinski definition) is 6. The lowest BCUT2D eigenvalue weighted by molar-refractivity contribution is 0.0656. The van der Waals surface area contributed by atoms with Crippen LogP contribution in [0.25, 0.3) is 0 Å². The molecule has 0 radical (unpaired) electrons. The summed E-state index contributed by atoms with van der Waals surface area (Å²) >= 11 is 0. The summed E-state index contributed by atoms with van der Waals surface area (Å²) in [6, 6.07) is 13.1. The Kier molecular flexibility index (Phi) is 6.20. The minimum absolute atomic E-state index is 0.0410. The van der Waals surface area contributed by atoms with Crippen LogP contribution in [0.15, 0.2) is 48.7 Å². The SMILES string of the molecule is CC(=O)c1ccccc1OC[C@H](O)CN1CCN(c2ccccn2)CC1. The van der Waals surface area contributed by atoms with Crippen LogP contribution in [0.4, 0.5) is 5.82 Å². The van der Waals surface area contributed by atoms with E-state index in [1.54, 1.807) is 18.2 Å². The molecule has 1 fully saturated rings. The monoisotopic (exact) mass is 355 g/mol. The molecule has 1 aromatic heterocycles. The number of anilines is 1. The van der Waals surface area contributed by atoms with E-state index in [0.29, 0.717) is 17.9 Å². The Balaban J connectivity index is 1.45. The van der Waals surface area contributed by atoms with Crippen molar-refractivity contribution in [3.63, 3.8) is 0 Å². The highest BCUT2D eigenvalue weighted by atomic mass is 16.5. The molecule has 3 rings (SSSR count). The number of carbonyl (C=O) groups is 1. The third-order valence-corrected chi connectivity index (χ3v) is 4.51. The molecule has 0 unspecified atom stereocenters. The van der Waals surface area contributed by atoms with Crippen LogP contribution >= 0.6 is 0 Å². The van der Waals surface area contributed by atoms with Gasteiger partial charge in [-0.3, -0.25) is 9.69 Å². The van der Waals surface area contributed by atoms with Crippen molar-refractivity contribution in [3.8, 4) is 5.75 Å². The quantitative estimate of drug-likeness (QED) is 0.765. The Morgan fingerprint density at radius 2 is 1.88 bits per heavy atom. The van der Waals surface area contributed by atoms with Gasteiger partial charge in [0, 0.05) is 38.9 Å². The summed E-state index contributed by atoms with van der Waals surface area (Å²) in [6.07, 6.45) is 1.21. The zero-order chi connectivity index (χ0) is 18.4. The highest BCUT2D eigenvalue weighted by Crippen LogP contribution is 2.19. The van der Waals surface area contributed by atoms with Gasteiger partial charge in [0.05, 0.1) is 5.56 Å². The van der Waals surface area contributed by atoms with Gasteiger partial charge in [-0.1, -0.05) is 18.2 Å². The number of aliphatic hydroxyl groups is 1. The van der Waals surface area contributed by atoms with Crippen LogP contribution in [0.3, 0.4) is 0 Å². The molecule has 1 aliphatic rings. The van der Waals surface area contributed by atoms with Gasteiger partial charge in [0.2, 0.25) is 0 Å². The van der Waals surface area contributed by atoms with Crippen molar-refractivity contribution in [2.45, 2.75) is 13.0 Å². The molecule has 2 heterocycles. The van der Waals surface area contributed by atoms with Gasteiger partial charge >= 0.3 is 0 Å². The molecular formula is C20H25N3O3. The van der Waals surface area contributed by atoms with E-state index in [4.69, 9.17) is 4.74 Å². The summed E-state index contributed by atoms with van der Waals surface area (Å²) in [4.78, 5) is 20.5. The number of benzene rings is 1. The average molecular weight is 355 g/mol. The molecule has 26 heavy (non-hydrogen) atoms. The fourth-order valence-electron chi connectivity index (χ4n) is 3.12. The molecular weight excluding hydrogens is 330 g/mol. The number of ketones is 1. The van der Waals surface area contributed by atoms with Crippen molar-refractivity contribution in [1.29, 1.82) is 0 Å². The molecule has 1 atom stereocenters. The maximum Gasteiger partial charge on any atom is 0.163 e. The number of nitrogens with zero attached hydrogens (tertiary/aromatic N) is 3. The number of rotatable bonds is 7. The number of ether oxygens (including phenoxy) is 1. The van der Waals surface area contributed by atoms with Gasteiger partial charge in [-0.05, 0) is 31.2 Å². The van der Waals surface area contributed by atoms with Gasteiger partial charge in [0.25, 0.3) is 0 Å². The summed E-state index contributed by atoms with van der Waals surface area (Å²) in [5.41, 5.74) is 0.545. The van der Waals surface area contributed by atoms with Crippen LogP contribution in [0, 0.1) is 0 Å². The number of hydrogen-bond donors (Lipinski definition) is 1. The number of aromatic nitrogens is 1. The van der Waals surface area contributed by atoms with Crippen molar-refractivity contribution in [1.82, 2.24) is 9.88 Å². The number of para-hydroxylation sites is 1. The first kappa shape index (κ1) is 18.4. The molecule has 0 saturated carbocycles. The number of pyridine rings is 1. The number of β-amino-alcohol motifs (C(OH)–C–C–N with tert-alkyl or cyclic N) is 1. The van der Waals surface area contributed by atoms with Gasteiger partial charge < -0.3 is 14.7 Å². The molecule has 0 amide bonds. The molecule has 1 N–H and O–H groups in total. The lowest BCUT2D eigenvalue weighted by Crippen LogP contribution is -2.49. The van der Waals surface area contributed by atoms with Crippen LogP contribution in [0.1, 0.15) is 17.3 Å². The smallest absolute Gasteiger partial charge is 0.163 e. The van der Waals surface area contributed by atoms with Crippen LogP contribution in [0.2, 0.25) is 0 Å². The van der Waals surface area contributed by atoms with Gasteiger partial charge in [-0.15, -0.1) is 0 Å². The number of carbonyl (C=O) groups excluding carboxylic acids is 1. The lowest BCUT2D eigenvalue weighted by atomic mass is 10.1. The maximum absolute atomic E-state index is 11.6. The molecule has 0 bridgehead atoms. The number of Topliss-reactive ketones (excluding diaryl/α,β-unsaturated/α-hetero) is 1. The third-order valence-electron chi connectivity index (χ3n) is 4.51. The summed E-state index contributed by atoms with van der Waals surface area (Å²) in [7, 11) is 0. The van der Waals surface area contributed by atoms with Crippen molar-refractivity contribution in [3.05, 3.63) is 54.2 Å². The summed E-state index contributed by atoms with van der Waals surface area (Å²) in [6.45, 7) is 5.76. The first-order valence-electron chi connectivity index (χ1n) is 8.92. The predicted octanol–water partition coefficient (Wildman–Crippen LogP) is 1.85. The average Bonchev–Trinajstić information content (AvgIpc) is 2.68. The topological polar surface area (TPSA) is 65.9 Å².